The third kappa shape index (κ3) is 2.93. The lowest BCUT2D eigenvalue weighted by molar-refractivity contribution is 0.272. The molecule has 0 saturated heterocycles. The molecule has 0 heterocycles. The fourth-order valence-corrected chi connectivity index (χ4v) is 4.04. The molecule has 1 atom stereocenters. The quantitative estimate of drug-likeness (QED) is 0.869. The van der Waals surface area contributed by atoms with E-state index >= 15 is 0 Å². The molecule has 1 aromatic carbocycles. The van der Waals surface area contributed by atoms with Crippen LogP contribution in [0.1, 0.15) is 25.8 Å². The Morgan fingerprint density at radius 3 is 2.55 bits per heavy atom. The van der Waals surface area contributed by atoms with Crippen molar-refractivity contribution >= 4 is 21.6 Å². The highest BCUT2D eigenvalue weighted by molar-refractivity contribution is 7.89. The molecule has 0 spiro atoms. The molecule has 2 N–H and O–H groups in total. The Balaban J connectivity index is 2.43. The highest BCUT2D eigenvalue weighted by atomic mass is 35.5. The molecule has 1 unspecified atom stereocenters. The number of hydrogen-bond donors (Lipinski definition) is 2. The van der Waals surface area contributed by atoms with Gasteiger partial charge < -0.3 is 9.84 Å². The van der Waals surface area contributed by atoms with Crippen molar-refractivity contribution < 1.29 is 18.3 Å². The second-order valence-corrected chi connectivity index (χ2v) is 7.74. The van der Waals surface area contributed by atoms with E-state index in [1.54, 1.807) is 0 Å². The van der Waals surface area contributed by atoms with E-state index in [-0.39, 0.29) is 33.7 Å². The van der Waals surface area contributed by atoms with Crippen molar-refractivity contribution in [3.63, 3.8) is 0 Å². The second kappa shape index (κ2) is 5.18. The Bertz CT molecular complexity index is 628. The number of methoxy groups -OCH3 is 1. The van der Waals surface area contributed by atoms with Crippen LogP contribution in [0, 0.1) is 5.41 Å². The summed E-state index contributed by atoms with van der Waals surface area (Å²) in [7, 11) is -2.37. The van der Waals surface area contributed by atoms with Gasteiger partial charge in [-0.25, -0.2) is 13.1 Å². The molecule has 112 valence electrons. The lowest BCUT2D eigenvalue weighted by Crippen LogP contribution is -2.29. The Labute approximate surface area is 124 Å². The summed E-state index contributed by atoms with van der Waals surface area (Å²) in [5.74, 6) is 0.128. The lowest BCUT2D eigenvalue weighted by atomic mass is 10.2. The van der Waals surface area contributed by atoms with Crippen molar-refractivity contribution in [2.45, 2.75) is 37.8 Å². The van der Waals surface area contributed by atoms with Gasteiger partial charge in [0, 0.05) is 16.6 Å². The minimum Gasteiger partial charge on any atom is -0.495 e. The maximum Gasteiger partial charge on any atom is 0.244 e. The van der Waals surface area contributed by atoms with E-state index in [1.165, 1.54) is 19.2 Å². The molecule has 1 aliphatic carbocycles. The normalized spacial score (nSPS) is 20.8. The monoisotopic (exact) mass is 319 g/mol. The van der Waals surface area contributed by atoms with Gasteiger partial charge in [-0.15, -0.1) is 0 Å². The summed E-state index contributed by atoms with van der Waals surface area (Å²) in [6, 6.07) is 2.73. The van der Waals surface area contributed by atoms with Gasteiger partial charge >= 0.3 is 0 Å². The van der Waals surface area contributed by atoms with E-state index in [2.05, 4.69) is 4.72 Å². The topological polar surface area (TPSA) is 75.6 Å². The molecule has 0 aliphatic heterocycles. The largest absolute Gasteiger partial charge is 0.495 e. The number of aliphatic hydroxyl groups excluding tert-OH is 1. The minimum absolute atomic E-state index is 0.0291. The Kier molecular flexibility index (Phi) is 4.03. The minimum atomic E-state index is -3.74. The zero-order valence-corrected chi connectivity index (χ0v) is 13.2. The molecule has 0 amide bonds. The molecule has 1 saturated carbocycles. The summed E-state index contributed by atoms with van der Waals surface area (Å²) >= 11 is 5.91. The number of aliphatic hydroxyl groups is 1. The van der Waals surface area contributed by atoms with E-state index in [9.17, 15) is 13.5 Å². The Morgan fingerprint density at radius 2 is 2.10 bits per heavy atom. The molecule has 1 fully saturated rings. The number of nitrogens with one attached hydrogen (secondary N) is 1. The summed E-state index contributed by atoms with van der Waals surface area (Å²) in [6.45, 7) is 3.64. The average Bonchev–Trinajstić information content (AvgIpc) is 2.94. The van der Waals surface area contributed by atoms with Crippen LogP contribution in [0.15, 0.2) is 17.0 Å². The molecule has 0 aromatic heterocycles. The molecule has 5 nitrogen and oxygen atoms in total. The molecule has 0 radical (unpaired) electrons. The van der Waals surface area contributed by atoms with Crippen LogP contribution in [0.3, 0.4) is 0 Å². The standard InChI is InChI=1S/C13H18ClNO4S/c1-13(2)6-11(13)15-20(17,18)10-5-9(14)4-8(7-16)12(10)19-3/h4-5,11,15-16H,6-7H2,1-3H3. The van der Waals surface area contributed by atoms with E-state index in [4.69, 9.17) is 16.3 Å². The third-order valence-corrected chi connectivity index (χ3v) is 5.27. The van der Waals surface area contributed by atoms with Gasteiger partial charge in [0.25, 0.3) is 0 Å². The summed E-state index contributed by atoms with van der Waals surface area (Å²) < 4.78 is 32.6. The summed E-state index contributed by atoms with van der Waals surface area (Å²) in [6.07, 6.45) is 0.794. The molecular formula is C13H18ClNO4S. The molecule has 2 rings (SSSR count). The summed E-state index contributed by atoms with van der Waals surface area (Å²) in [5, 5.41) is 9.53. The zero-order chi connectivity index (χ0) is 15.1. The van der Waals surface area contributed by atoms with Crippen molar-refractivity contribution in [2.24, 2.45) is 5.41 Å². The van der Waals surface area contributed by atoms with Gasteiger partial charge in [-0.05, 0) is 24.0 Å². The van der Waals surface area contributed by atoms with E-state index in [0.717, 1.165) is 6.42 Å². The van der Waals surface area contributed by atoms with Crippen LogP contribution in [0.5, 0.6) is 5.75 Å². The van der Waals surface area contributed by atoms with E-state index < -0.39 is 10.0 Å². The maximum absolute atomic E-state index is 12.4. The Hall–Kier alpha value is -0.820. The number of benzene rings is 1. The molecule has 7 heteroatoms. The smallest absolute Gasteiger partial charge is 0.244 e. The molecule has 1 aliphatic rings. The number of sulfonamides is 1. The molecule has 0 bridgehead atoms. The second-order valence-electron chi connectivity index (χ2n) is 5.62. The first-order chi connectivity index (χ1) is 9.21. The van der Waals surface area contributed by atoms with Gasteiger partial charge in [0.2, 0.25) is 10.0 Å². The first kappa shape index (κ1) is 15.6. The number of ether oxygens (including phenoxy) is 1. The zero-order valence-electron chi connectivity index (χ0n) is 11.6. The first-order valence-corrected chi connectivity index (χ1v) is 8.07. The average molecular weight is 320 g/mol. The fourth-order valence-electron chi connectivity index (χ4n) is 2.09. The summed E-state index contributed by atoms with van der Waals surface area (Å²) in [5.41, 5.74) is 0.314. The van der Waals surface area contributed by atoms with Crippen molar-refractivity contribution in [2.75, 3.05) is 7.11 Å². The van der Waals surface area contributed by atoms with Crippen LogP contribution in [0.4, 0.5) is 0 Å². The summed E-state index contributed by atoms with van der Waals surface area (Å²) in [4.78, 5) is -0.0424. The van der Waals surface area contributed by atoms with Crippen LogP contribution in [0.2, 0.25) is 5.02 Å². The van der Waals surface area contributed by atoms with Gasteiger partial charge in [-0.1, -0.05) is 25.4 Å². The van der Waals surface area contributed by atoms with Gasteiger partial charge in [0.1, 0.15) is 10.6 Å². The Morgan fingerprint density at radius 1 is 1.50 bits per heavy atom. The number of halogens is 1. The predicted octanol–water partition coefficient (Wildman–Crippen LogP) is 1.92. The van der Waals surface area contributed by atoms with E-state index in [0.29, 0.717) is 5.56 Å². The van der Waals surface area contributed by atoms with Crippen LogP contribution in [-0.4, -0.2) is 26.7 Å². The SMILES string of the molecule is COc1c(CO)cc(Cl)cc1S(=O)(=O)NC1CC1(C)C. The fraction of sp³-hybridized carbons (Fsp3) is 0.538. The maximum atomic E-state index is 12.4. The van der Waals surface area contributed by atoms with Crippen LogP contribution in [0.25, 0.3) is 0 Å². The number of hydrogen-bond acceptors (Lipinski definition) is 4. The van der Waals surface area contributed by atoms with Crippen LogP contribution < -0.4 is 9.46 Å². The van der Waals surface area contributed by atoms with Crippen molar-refractivity contribution in [3.8, 4) is 5.75 Å². The molecular weight excluding hydrogens is 302 g/mol. The predicted molar refractivity (Wildman–Crippen MR) is 76.4 cm³/mol. The van der Waals surface area contributed by atoms with Crippen LogP contribution >= 0.6 is 11.6 Å². The lowest BCUT2D eigenvalue weighted by Gasteiger charge is -2.15. The van der Waals surface area contributed by atoms with Gasteiger partial charge in [0.15, 0.2) is 0 Å². The number of rotatable bonds is 5. The van der Waals surface area contributed by atoms with Crippen molar-refractivity contribution in [3.05, 3.63) is 22.7 Å². The van der Waals surface area contributed by atoms with Crippen molar-refractivity contribution in [1.82, 2.24) is 4.72 Å². The third-order valence-electron chi connectivity index (χ3n) is 3.57. The van der Waals surface area contributed by atoms with Gasteiger partial charge in [0.05, 0.1) is 13.7 Å². The molecule has 1 aromatic rings. The first-order valence-electron chi connectivity index (χ1n) is 6.21. The van der Waals surface area contributed by atoms with Crippen LogP contribution in [-0.2, 0) is 16.6 Å². The highest BCUT2D eigenvalue weighted by Gasteiger charge is 2.48. The highest BCUT2D eigenvalue weighted by Crippen LogP contribution is 2.45. The van der Waals surface area contributed by atoms with Crippen molar-refractivity contribution in [1.29, 1.82) is 0 Å². The van der Waals surface area contributed by atoms with E-state index in [1.807, 2.05) is 13.8 Å². The van der Waals surface area contributed by atoms with Gasteiger partial charge in [-0.3, -0.25) is 0 Å². The van der Waals surface area contributed by atoms with Gasteiger partial charge in [-0.2, -0.15) is 0 Å². The molecule has 20 heavy (non-hydrogen) atoms.